The number of ketones is 2. The van der Waals surface area contributed by atoms with Crippen molar-refractivity contribution in [3.8, 4) is 23.0 Å². The van der Waals surface area contributed by atoms with Crippen molar-refractivity contribution in [2.75, 3.05) is 27.4 Å². The lowest BCUT2D eigenvalue weighted by molar-refractivity contribution is 0.0915. The molecule has 0 aliphatic carbocycles. The fraction of sp³-hybridized carbons (Fsp3) is 0.167. The smallest absolute Gasteiger partial charge is 0.232 e. The lowest BCUT2D eigenvalue weighted by Gasteiger charge is -2.26. The second-order valence-electron chi connectivity index (χ2n) is 9.55. The van der Waals surface area contributed by atoms with Crippen LogP contribution in [0.2, 0.25) is 0 Å². The number of carbonyl (C=O) groups excluding carboxylic acids is 2. The third-order valence-electron chi connectivity index (χ3n) is 6.79. The van der Waals surface area contributed by atoms with Gasteiger partial charge in [0.2, 0.25) is 23.1 Å². The van der Waals surface area contributed by atoms with Gasteiger partial charge < -0.3 is 28.4 Å². The number of rotatable bonds is 12. The molecule has 4 aromatic carbocycles. The minimum atomic E-state index is -0.433. The van der Waals surface area contributed by atoms with E-state index in [0.29, 0.717) is 58.5 Å². The summed E-state index contributed by atoms with van der Waals surface area (Å²) in [5.41, 5.74) is 1.75. The highest BCUT2D eigenvalue weighted by molar-refractivity contribution is 6.16. The maximum absolute atomic E-state index is 14.0. The van der Waals surface area contributed by atoms with Gasteiger partial charge >= 0.3 is 0 Å². The first-order valence-corrected chi connectivity index (χ1v) is 14.1. The molecular formula is C36H32O8. The van der Waals surface area contributed by atoms with E-state index in [1.54, 1.807) is 111 Å². The van der Waals surface area contributed by atoms with Gasteiger partial charge in [0.25, 0.3) is 0 Å². The highest BCUT2D eigenvalue weighted by atomic mass is 16.6. The van der Waals surface area contributed by atoms with Crippen molar-refractivity contribution in [2.24, 2.45) is 0 Å². The van der Waals surface area contributed by atoms with E-state index in [0.717, 1.165) is 0 Å². The molecule has 0 fully saturated rings. The summed E-state index contributed by atoms with van der Waals surface area (Å²) in [4.78, 5) is 28.1. The van der Waals surface area contributed by atoms with E-state index in [1.165, 1.54) is 0 Å². The van der Waals surface area contributed by atoms with Crippen LogP contribution in [0.3, 0.4) is 0 Å². The predicted octanol–water partition coefficient (Wildman–Crippen LogP) is 7.35. The molecule has 0 spiro atoms. The number of methoxy groups -OCH3 is 2. The molecule has 1 aliphatic rings. The van der Waals surface area contributed by atoms with Gasteiger partial charge in [0.15, 0.2) is 11.5 Å². The zero-order chi connectivity index (χ0) is 31.1. The summed E-state index contributed by atoms with van der Waals surface area (Å²) < 4.78 is 34.6. The summed E-state index contributed by atoms with van der Waals surface area (Å²) in [7, 11) is 3.12. The molecule has 0 saturated heterocycles. The molecule has 5 rings (SSSR count). The maximum Gasteiger partial charge on any atom is 0.232 e. The molecule has 0 atom stereocenters. The van der Waals surface area contributed by atoms with Gasteiger partial charge in [-0.2, -0.15) is 0 Å². The molecule has 0 unspecified atom stereocenters. The van der Waals surface area contributed by atoms with Crippen LogP contribution in [0.5, 0.6) is 23.0 Å². The standard InChI is InChI=1S/C36H32O8/c1-5-41-29-19-7-23(8-20-29)31(37)35-33(25-11-15-27(39-3)16-12-25)44-36(32(38)24-9-21-30(22-10-24)42-6-2)34(43-35)26-13-17-28(40-4)18-14-26/h7-22H,5-6H2,1-4H3. The van der Waals surface area contributed by atoms with E-state index < -0.39 is 11.6 Å². The first-order valence-electron chi connectivity index (χ1n) is 14.1. The van der Waals surface area contributed by atoms with Crippen LogP contribution in [0.15, 0.2) is 109 Å². The Morgan fingerprint density at radius 3 is 1.11 bits per heavy atom. The molecule has 1 heterocycles. The Kier molecular flexibility index (Phi) is 9.30. The average molecular weight is 593 g/mol. The zero-order valence-corrected chi connectivity index (χ0v) is 24.9. The molecule has 8 nitrogen and oxygen atoms in total. The van der Waals surface area contributed by atoms with Crippen LogP contribution in [0, 0.1) is 0 Å². The van der Waals surface area contributed by atoms with Crippen molar-refractivity contribution in [3.05, 3.63) is 131 Å². The number of ether oxygens (including phenoxy) is 6. The number of benzene rings is 4. The summed E-state index contributed by atoms with van der Waals surface area (Å²) >= 11 is 0. The summed E-state index contributed by atoms with van der Waals surface area (Å²) in [6, 6.07) is 27.4. The first-order chi connectivity index (χ1) is 21.4. The van der Waals surface area contributed by atoms with Gasteiger partial charge in [0.05, 0.1) is 27.4 Å². The number of allylic oxidation sites excluding steroid dienone is 2. The molecule has 0 amide bonds. The Labute approximate surface area is 256 Å². The van der Waals surface area contributed by atoms with Gasteiger partial charge in [-0.05, 0) is 111 Å². The molecule has 0 bridgehead atoms. The second kappa shape index (κ2) is 13.6. The fourth-order valence-electron chi connectivity index (χ4n) is 4.55. The van der Waals surface area contributed by atoms with Crippen molar-refractivity contribution < 1.29 is 38.0 Å². The number of carbonyl (C=O) groups is 2. The predicted molar refractivity (Wildman–Crippen MR) is 166 cm³/mol. The van der Waals surface area contributed by atoms with E-state index in [4.69, 9.17) is 28.4 Å². The van der Waals surface area contributed by atoms with E-state index >= 15 is 0 Å². The number of Topliss-reactive ketones (excluding diaryl/α,β-unsaturated/α-hetero) is 2. The Bertz CT molecular complexity index is 1550. The molecule has 4 aromatic rings. The largest absolute Gasteiger partial charge is 0.497 e. The second-order valence-corrected chi connectivity index (χ2v) is 9.55. The lowest BCUT2D eigenvalue weighted by Crippen LogP contribution is -2.20. The van der Waals surface area contributed by atoms with E-state index in [-0.39, 0.29) is 23.0 Å². The van der Waals surface area contributed by atoms with Crippen LogP contribution in [0.4, 0.5) is 0 Å². The monoisotopic (exact) mass is 592 g/mol. The van der Waals surface area contributed by atoms with Crippen molar-refractivity contribution in [1.29, 1.82) is 0 Å². The molecule has 224 valence electrons. The number of hydrogen-bond acceptors (Lipinski definition) is 8. The molecule has 0 aromatic heterocycles. The van der Waals surface area contributed by atoms with E-state index in [1.807, 2.05) is 13.8 Å². The van der Waals surface area contributed by atoms with Gasteiger partial charge in [-0.25, -0.2) is 0 Å². The van der Waals surface area contributed by atoms with Crippen molar-refractivity contribution in [3.63, 3.8) is 0 Å². The van der Waals surface area contributed by atoms with Crippen LogP contribution in [0.1, 0.15) is 45.7 Å². The van der Waals surface area contributed by atoms with Crippen LogP contribution < -0.4 is 18.9 Å². The van der Waals surface area contributed by atoms with Crippen LogP contribution in [0.25, 0.3) is 11.5 Å². The van der Waals surface area contributed by atoms with Gasteiger partial charge in [0, 0.05) is 22.3 Å². The summed E-state index contributed by atoms with van der Waals surface area (Å²) in [6.07, 6.45) is 0. The van der Waals surface area contributed by atoms with Crippen molar-refractivity contribution >= 4 is 23.1 Å². The molecule has 0 N–H and O–H groups in total. The van der Waals surface area contributed by atoms with Gasteiger partial charge in [-0.15, -0.1) is 0 Å². The molecular weight excluding hydrogens is 560 g/mol. The first kappa shape index (κ1) is 30.0. The highest BCUT2D eigenvalue weighted by Crippen LogP contribution is 2.39. The summed E-state index contributed by atoms with van der Waals surface area (Å²) in [5.74, 6) is 1.68. The Hall–Kier alpha value is -5.50. The topological polar surface area (TPSA) is 89.5 Å². The Balaban J connectivity index is 1.64. The molecule has 0 radical (unpaired) electrons. The van der Waals surface area contributed by atoms with Gasteiger partial charge in [-0.1, -0.05) is 0 Å². The molecule has 8 heteroatoms. The van der Waals surface area contributed by atoms with Crippen molar-refractivity contribution in [2.45, 2.75) is 13.8 Å². The summed E-state index contributed by atoms with van der Waals surface area (Å²) in [5, 5.41) is 0. The zero-order valence-electron chi connectivity index (χ0n) is 24.9. The normalized spacial score (nSPS) is 12.6. The van der Waals surface area contributed by atoms with Crippen molar-refractivity contribution in [1.82, 2.24) is 0 Å². The number of hydrogen-bond donors (Lipinski definition) is 0. The Morgan fingerprint density at radius 2 is 0.818 bits per heavy atom. The lowest BCUT2D eigenvalue weighted by atomic mass is 10.0. The minimum absolute atomic E-state index is 0.0756. The minimum Gasteiger partial charge on any atom is -0.497 e. The SMILES string of the molecule is CCOc1ccc(C(=O)C2=C(c3ccc(OC)cc3)OC(C(=O)c3ccc(OCC)cc3)=C(c3ccc(OC)cc3)O2)cc1. The maximum atomic E-state index is 14.0. The van der Waals surface area contributed by atoms with Crippen LogP contribution >= 0.6 is 0 Å². The summed E-state index contributed by atoms with van der Waals surface area (Å²) in [6.45, 7) is 4.77. The van der Waals surface area contributed by atoms with Gasteiger partial charge in [0.1, 0.15) is 23.0 Å². The van der Waals surface area contributed by atoms with Crippen LogP contribution in [-0.4, -0.2) is 39.0 Å². The van der Waals surface area contributed by atoms with Crippen LogP contribution in [-0.2, 0) is 9.47 Å². The molecule has 44 heavy (non-hydrogen) atoms. The molecule has 0 saturated carbocycles. The molecule has 1 aliphatic heterocycles. The fourth-order valence-corrected chi connectivity index (χ4v) is 4.55. The van der Waals surface area contributed by atoms with E-state index in [9.17, 15) is 9.59 Å². The quantitative estimate of drug-likeness (QED) is 0.158. The average Bonchev–Trinajstić information content (AvgIpc) is 3.08. The third-order valence-corrected chi connectivity index (χ3v) is 6.79. The Morgan fingerprint density at radius 1 is 0.500 bits per heavy atom. The third kappa shape index (κ3) is 6.44. The van der Waals surface area contributed by atoms with E-state index in [2.05, 4.69) is 0 Å². The highest BCUT2D eigenvalue weighted by Gasteiger charge is 2.35. The van der Waals surface area contributed by atoms with Gasteiger partial charge in [-0.3, -0.25) is 9.59 Å².